The van der Waals surface area contributed by atoms with Crippen molar-refractivity contribution in [2.45, 2.75) is 32.1 Å². The van der Waals surface area contributed by atoms with Crippen LogP contribution in [0, 0.1) is 5.92 Å². The van der Waals surface area contributed by atoms with Gasteiger partial charge in [0.05, 0.1) is 9.92 Å². The highest BCUT2D eigenvalue weighted by Gasteiger charge is 2.17. The Labute approximate surface area is 171 Å². The Morgan fingerprint density at radius 1 is 1.18 bits per heavy atom. The second-order valence-corrected chi connectivity index (χ2v) is 8.86. The predicted octanol–water partition coefficient (Wildman–Crippen LogP) is 3.85. The van der Waals surface area contributed by atoms with Gasteiger partial charge in [-0.25, -0.2) is 13.1 Å². The van der Waals surface area contributed by atoms with Crippen LogP contribution in [-0.2, 0) is 21.2 Å². The Bertz CT molecular complexity index is 930. The number of rotatable bonds is 9. The summed E-state index contributed by atoms with van der Waals surface area (Å²) in [6.07, 6.45) is 0.796. The van der Waals surface area contributed by atoms with E-state index in [0.717, 1.165) is 17.7 Å². The molecule has 0 aliphatic carbocycles. The summed E-state index contributed by atoms with van der Waals surface area (Å²) in [4.78, 5) is 12.2. The van der Waals surface area contributed by atoms with E-state index in [0.29, 0.717) is 6.54 Å². The number of carbonyl (C=O) groups excluding carboxylic acids is 1. The van der Waals surface area contributed by atoms with Crippen LogP contribution in [0.2, 0.25) is 5.02 Å². The Balaban J connectivity index is 2.00. The third kappa shape index (κ3) is 6.22. The second-order valence-electron chi connectivity index (χ2n) is 6.69. The predicted molar refractivity (Wildman–Crippen MR) is 111 cm³/mol. The molecule has 0 fully saturated rings. The number of anilines is 1. The maximum absolute atomic E-state index is 12.3. The molecule has 2 rings (SSSR count). The molecule has 0 aliphatic rings. The van der Waals surface area contributed by atoms with Crippen LogP contribution in [0.5, 0.6) is 5.75 Å². The van der Waals surface area contributed by atoms with Gasteiger partial charge in [0.15, 0.2) is 6.61 Å². The van der Waals surface area contributed by atoms with Crippen molar-refractivity contribution in [2.24, 2.45) is 5.92 Å². The lowest BCUT2D eigenvalue weighted by Crippen LogP contribution is -2.27. The zero-order chi connectivity index (χ0) is 20.7. The molecule has 1 amide bonds. The molecule has 0 saturated heterocycles. The summed E-state index contributed by atoms with van der Waals surface area (Å²) < 4.78 is 32.5. The number of sulfonamides is 1. The molecule has 8 heteroatoms. The van der Waals surface area contributed by atoms with Crippen molar-refractivity contribution in [2.75, 3.05) is 18.5 Å². The van der Waals surface area contributed by atoms with E-state index >= 15 is 0 Å². The number of hydrogen-bond donors (Lipinski definition) is 2. The van der Waals surface area contributed by atoms with Crippen LogP contribution in [0.15, 0.2) is 47.4 Å². The van der Waals surface area contributed by atoms with Crippen LogP contribution in [0.4, 0.5) is 5.69 Å². The summed E-state index contributed by atoms with van der Waals surface area (Å²) in [7, 11) is -3.64. The van der Waals surface area contributed by atoms with Crippen LogP contribution in [0.25, 0.3) is 0 Å². The summed E-state index contributed by atoms with van der Waals surface area (Å²) >= 11 is 6.14. The zero-order valence-corrected chi connectivity index (χ0v) is 17.7. The molecule has 0 aromatic heterocycles. The number of aryl methyl sites for hydroxylation is 1. The van der Waals surface area contributed by atoms with Gasteiger partial charge in [-0.15, -0.1) is 0 Å². The summed E-state index contributed by atoms with van der Waals surface area (Å²) in [6, 6.07) is 11.7. The van der Waals surface area contributed by atoms with E-state index in [-0.39, 0.29) is 34.1 Å². The highest BCUT2D eigenvalue weighted by atomic mass is 35.5. The van der Waals surface area contributed by atoms with E-state index < -0.39 is 10.0 Å². The summed E-state index contributed by atoms with van der Waals surface area (Å²) in [5.74, 6) is 0.0971. The maximum atomic E-state index is 12.3. The number of benzene rings is 2. The van der Waals surface area contributed by atoms with Gasteiger partial charge < -0.3 is 10.1 Å². The van der Waals surface area contributed by atoms with Crippen molar-refractivity contribution in [3.05, 3.63) is 53.1 Å². The van der Waals surface area contributed by atoms with Crippen LogP contribution in [0.3, 0.4) is 0 Å². The van der Waals surface area contributed by atoms with Gasteiger partial charge in [0.1, 0.15) is 5.75 Å². The maximum Gasteiger partial charge on any atom is 0.262 e. The van der Waals surface area contributed by atoms with Gasteiger partial charge in [-0.2, -0.15) is 0 Å². The second kappa shape index (κ2) is 9.91. The van der Waals surface area contributed by atoms with Crippen LogP contribution in [-0.4, -0.2) is 27.5 Å². The molecule has 152 valence electrons. The van der Waals surface area contributed by atoms with Gasteiger partial charge in [0.25, 0.3) is 5.91 Å². The van der Waals surface area contributed by atoms with Gasteiger partial charge in [0.2, 0.25) is 10.0 Å². The minimum absolute atomic E-state index is 0.0480. The van der Waals surface area contributed by atoms with Gasteiger partial charge in [-0.1, -0.05) is 50.6 Å². The quantitative estimate of drug-likeness (QED) is 0.640. The molecular weight excluding hydrogens is 400 g/mol. The normalized spacial score (nSPS) is 11.5. The number of nitrogens with one attached hydrogen (secondary N) is 2. The first kappa shape index (κ1) is 22.2. The highest BCUT2D eigenvalue weighted by Crippen LogP contribution is 2.27. The van der Waals surface area contributed by atoms with Gasteiger partial charge >= 0.3 is 0 Å². The average Bonchev–Trinajstić information content (AvgIpc) is 2.66. The monoisotopic (exact) mass is 424 g/mol. The number of amides is 1. The largest absolute Gasteiger partial charge is 0.482 e. The lowest BCUT2D eigenvalue weighted by atomic mass is 10.1. The SMILES string of the molecule is CCc1ccccc1NC(=O)COc1ccc(S(=O)(=O)NCC(C)C)cc1Cl. The Kier molecular flexibility index (Phi) is 7.86. The van der Waals surface area contributed by atoms with Crippen LogP contribution < -0.4 is 14.8 Å². The van der Waals surface area contributed by atoms with Crippen molar-refractivity contribution < 1.29 is 17.9 Å². The van der Waals surface area contributed by atoms with Crippen LogP contribution >= 0.6 is 11.6 Å². The van der Waals surface area contributed by atoms with Gasteiger partial charge in [0, 0.05) is 12.2 Å². The Hall–Kier alpha value is -2.09. The number of para-hydroxylation sites is 1. The van der Waals surface area contributed by atoms with Crippen LogP contribution in [0.1, 0.15) is 26.3 Å². The van der Waals surface area contributed by atoms with Crippen molar-refractivity contribution >= 4 is 33.2 Å². The first-order chi connectivity index (χ1) is 13.2. The molecule has 2 N–H and O–H groups in total. The van der Waals surface area contributed by atoms with E-state index in [1.807, 2.05) is 45.0 Å². The molecule has 2 aromatic rings. The fourth-order valence-electron chi connectivity index (χ4n) is 2.41. The first-order valence-electron chi connectivity index (χ1n) is 9.02. The van der Waals surface area contributed by atoms with Crippen molar-refractivity contribution in [3.63, 3.8) is 0 Å². The van der Waals surface area contributed by atoms with Gasteiger partial charge in [-0.3, -0.25) is 4.79 Å². The molecule has 0 atom stereocenters. The Morgan fingerprint density at radius 2 is 1.89 bits per heavy atom. The molecule has 0 radical (unpaired) electrons. The molecule has 2 aromatic carbocycles. The molecule has 0 unspecified atom stereocenters. The summed E-state index contributed by atoms with van der Waals surface area (Å²) in [5.41, 5.74) is 1.76. The van der Waals surface area contributed by atoms with Gasteiger partial charge in [-0.05, 0) is 42.2 Å². The summed E-state index contributed by atoms with van der Waals surface area (Å²) in [6.45, 7) is 5.92. The molecule has 28 heavy (non-hydrogen) atoms. The highest BCUT2D eigenvalue weighted by molar-refractivity contribution is 7.89. The minimum Gasteiger partial charge on any atom is -0.482 e. The summed E-state index contributed by atoms with van der Waals surface area (Å²) in [5, 5.41) is 2.92. The molecule has 0 heterocycles. The standard InChI is InChI=1S/C20H25ClN2O4S/c1-4-15-7-5-6-8-18(15)23-20(24)13-27-19-10-9-16(11-17(19)21)28(25,26)22-12-14(2)3/h5-11,14,22H,4,12-13H2,1-3H3,(H,23,24). The molecule has 0 spiro atoms. The molecule has 6 nitrogen and oxygen atoms in total. The third-order valence-electron chi connectivity index (χ3n) is 3.93. The molecule has 0 bridgehead atoms. The number of ether oxygens (including phenoxy) is 1. The third-order valence-corrected chi connectivity index (χ3v) is 5.64. The molecular formula is C20H25ClN2O4S. The van der Waals surface area contributed by atoms with Crippen molar-refractivity contribution in [1.29, 1.82) is 0 Å². The number of halogens is 1. The fraction of sp³-hybridized carbons (Fsp3) is 0.350. The zero-order valence-electron chi connectivity index (χ0n) is 16.2. The minimum atomic E-state index is -3.64. The Morgan fingerprint density at radius 3 is 2.54 bits per heavy atom. The van der Waals surface area contributed by atoms with Crippen molar-refractivity contribution in [1.82, 2.24) is 4.72 Å². The molecule has 0 aliphatic heterocycles. The topological polar surface area (TPSA) is 84.5 Å². The number of carbonyl (C=O) groups is 1. The number of hydrogen-bond acceptors (Lipinski definition) is 4. The fourth-order valence-corrected chi connectivity index (χ4v) is 3.95. The van der Waals surface area contributed by atoms with E-state index in [4.69, 9.17) is 16.3 Å². The van der Waals surface area contributed by atoms with Crippen molar-refractivity contribution in [3.8, 4) is 5.75 Å². The lowest BCUT2D eigenvalue weighted by Gasteiger charge is -2.13. The van der Waals surface area contributed by atoms with E-state index in [9.17, 15) is 13.2 Å². The average molecular weight is 425 g/mol. The molecule has 0 saturated carbocycles. The van der Waals surface area contributed by atoms with E-state index in [1.54, 1.807) is 0 Å². The van der Waals surface area contributed by atoms with E-state index in [1.165, 1.54) is 18.2 Å². The first-order valence-corrected chi connectivity index (χ1v) is 10.9. The van der Waals surface area contributed by atoms with E-state index in [2.05, 4.69) is 10.0 Å². The lowest BCUT2D eigenvalue weighted by molar-refractivity contribution is -0.118. The smallest absolute Gasteiger partial charge is 0.262 e.